The van der Waals surface area contributed by atoms with Crippen LogP contribution in [0.3, 0.4) is 0 Å². The SMILES string of the molecule is CC(C)Cc1sc(N)nc1C1=CCN(C)CC1. The summed E-state index contributed by atoms with van der Waals surface area (Å²) in [7, 11) is 2.15. The first-order chi connectivity index (χ1) is 8.06. The van der Waals surface area contributed by atoms with Crippen LogP contribution in [0.15, 0.2) is 6.08 Å². The van der Waals surface area contributed by atoms with Crippen LogP contribution in [0, 0.1) is 5.92 Å². The molecule has 2 heterocycles. The molecule has 1 aromatic rings. The molecule has 0 bridgehead atoms. The highest BCUT2D eigenvalue weighted by Gasteiger charge is 2.17. The summed E-state index contributed by atoms with van der Waals surface area (Å²) in [6.07, 6.45) is 4.46. The molecule has 2 rings (SSSR count). The number of nitrogen functional groups attached to an aromatic ring is 1. The molecule has 94 valence electrons. The minimum Gasteiger partial charge on any atom is -0.375 e. The van der Waals surface area contributed by atoms with Crippen molar-refractivity contribution in [2.45, 2.75) is 26.7 Å². The Morgan fingerprint density at radius 1 is 1.53 bits per heavy atom. The van der Waals surface area contributed by atoms with E-state index in [0.29, 0.717) is 11.0 Å². The minimum absolute atomic E-state index is 0.653. The van der Waals surface area contributed by atoms with E-state index >= 15 is 0 Å². The van der Waals surface area contributed by atoms with Gasteiger partial charge in [0.05, 0.1) is 5.69 Å². The number of hydrogen-bond donors (Lipinski definition) is 1. The van der Waals surface area contributed by atoms with Gasteiger partial charge in [-0.3, -0.25) is 0 Å². The molecule has 1 aliphatic rings. The molecule has 2 N–H and O–H groups in total. The van der Waals surface area contributed by atoms with Crippen molar-refractivity contribution in [2.75, 3.05) is 25.9 Å². The zero-order valence-electron chi connectivity index (χ0n) is 10.9. The fourth-order valence-electron chi connectivity index (χ4n) is 2.12. The van der Waals surface area contributed by atoms with Crippen LogP contribution in [-0.2, 0) is 6.42 Å². The number of thiazole rings is 1. The smallest absolute Gasteiger partial charge is 0.180 e. The second-order valence-electron chi connectivity index (χ2n) is 5.16. The average molecular weight is 251 g/mol. The Hall–Kier alpha value is -0.870. The lowest BCUT2D eigenvalue weighted by atomic mass is 10.0. The Kier molecular flexibility index (Phi) is 3.84. The standard InChI is InChI=1S/C13H21N3S/c1-9(2)8-11-12(15-13(14)17-11)10-4-6-16(3)7-5-10/h4,9H,5-8H2,1-3H3,(H2,14,15). The van der Waals surface area contributed by atoms with E-state index in [1.165, 1.54) is 10.5 Å². The van der Waals surface area contributed by atoms with E-state index in [9.17, 15) is 0 Å². The van der Waals surface area contributed by atoms with Crippen molar-refractivity contribution in [1.82, 2.24) is 9.88 Å². The first-order valence-corrected chi connectivity index (χ1v) is 7.01. The second kappa shape index (κ2) is 5.19. The van der Waals surface area contributed by atoms with Crippen molar-refractivity contribution in [3.05, 3.63) is 16.6 Å². The highest BCUT2D eigenvalue weighted by Crippen LogP contribution is 2.31. The van der Waals surface area contributed by atoms with Gasteiger partial charge >= 0.3 is 0 Å². The third kappa shape index (κ3) is 3.07. The van der Waals surface area contributed by atoms with Gasteiger partial charge < -0.3 is 10.6 Å². The fraction of sp³-hybridized carbons (Fsp3) is 0.615. The third-order valence-electron chi connectivity index (χ3n) is 3.02. The van der Waals surface area contributed by atoms with E-state index in [0.717, 1.165) is 31.6 Å². The molecule has 0 atom stereocenters. The zero-order chi connectivity index (χ0) is 12.4. The Morgan fingerprint density at radius 2 is 2.29 bits per heavy atom. The van der Waals surface area contributed by atoms with Gasteiger partial charge in [-0.2, -0.15) is 0 Å². The highest BCUT2D eigenvalue weighted by atomic mass is 32.1. The molecule has 1 aliphatic heterocycles. The van der Waals surface area contributed by atoms with Crippen LogP contribution in [0.2, 0.25) is 0 Å². The Balaban J connectivity index is 2.25. The number of rotatable bonds is 3. The Morgan fingerprint density at radius 3 is 2.88 bits per heavy atom. The van der Waals surface area contributed by atoms with Crippen LogP contribution in [0.4, 0.5) is 5.13 Å². The summed E-state index contributed by atoms with van der Waals surface area (Å²) in [5, 5.41) is 0.704. The predicted molar refractivity (Wildman–Crippen MR) is 75.2 cm³/mol. The maximum absolute atomic E-state index is 5.86. The number of anilines is 1. The van der Waals surface area contributed by atoms with Crippen molar-refractivity contribution in [3.63, 3.8) is 0 Å². The lowest BCUT2D eigenvalue weighted by molar-refractivity contribution is 0.369. The van der Waals surface area contributed by atoms with Gasteiger partial charge in [-0.05, 0) is 31.4 Å². The maximum atomic E-state index is 5.86. The Bertz CT molecular complexity index is 420. The molecule has 0 saturated heterocycles. The third-order valence-corrected chi connectivity index (χ3v) is 3.93. The van der Waals surface area contributed by atoms with E-state index < -0.39 is 0 Å². The van der Waals surface area contributed by atoms with Crippen LogP contribution in [0.5, 0.6) is 0 Å². The van der Waals surface area contributed by atoms with Gasteiger partial charge in [0.25, 0.3) is 0 Å². The fourth-order valence-corrected chi connectivity index (χ4v) is 3.20. The number of nitrogens with zero attached hydrogens (tertiary/aromatic N) is 2. The van der Waals surface area contributed by atoms with Crippen LogP contribution >= 0.6 is 11.3 Å². The van der Waals surface area contributed by atoms with Crippen molar-refractivity contribution < 1.29 is 0 Å². The average Bonchev–Trinajstić information content (AvgIpc) is 2.59. The molecular weight excluding hydrogens is 230 g/mol. The molecule has 1 aromatic heterocycles. The van der Waals surface area contributed by atoms with Gasteiger partial charge in [0.2, 0.25) is 0 Å². The molecule has 0 amide bonds. The molecule has 0 aromatic carbocycles. The van der Waals surface area contributed by atoms with Crippen LogP contribution in [0.25, 0.3) is 5.57 Å². The molecule has 3 nitrogen and oxygen atoms in total. The van der Waals surface area contributed by atoms with Gasteiger partial charge in [0.1, 0.15) is 0 Å². The van der Waals surface area contributed by atoms with Gasteiger partial charge in [-0.25, -0.2) is 4.98 Å². The van der Waals surface area contributed by atoms with Crippen LogP contribution in [0.1, 0.15) is 30.8 Å². The molecule has 0 fully saturated rings. The summed E-state index contributed by atoms with van der Waals surface area (Å²) in [5.74, 6) is 0.653. The van der Waals surface area contributed by atoms with Gasteiger partial charge in [0.15, 0.2) is 5.13 Å². The highest BCUT2D eigenvalue weighted by molar-refractivity contribution is 7.15. The minimum atomic E-state index is 0.653. The molecule has 0 radical (unpaired) electrons. The van der Waals surface area contributed by atoms with E-state index in [2.05, 4.69) is 36.9 Å². The van der Waals surface area contributed by atoms with E-state index in [1.807, 2.05) is 0 Å². The van der Waals surface area contributed by atoms with Gasteiger partial charge in [0, 0.05) is 18.0 Å². The molecular formula is C13H21N3S. The predicted octanol–water partition coefficient (Wildman–Crippen LogP) is 2.64. The molecule has 0 spiro atoms. The summed E-state index contributed by atoms with van der Waals surface area (Å²) in [6.45, 7) is 6.61. The summed E-state index contributed by atoms with van der Waals surface area (Å²) in [4.78, 5) is 8.20. The van der Waals surface area contributed by atoms with Gasteiger partial charge in [-0.15, -0.1) is 11.3 Å². The van der Waals surface area contributed by atoms with Crippen molar-refractivity contribution in [1.29, 1.82) is 0 Å². The quantitative estimate of drug-likeness (QED) is 0.898. The normalized spacial score (nSPS) is 17.5. The maximum Gasteiger partial charge on any atom is 0.180 e. The Labute approximate surface area is 107 Å². The first kappa shape index (κ1) is 12.6. The molecule has 17 heavy (non-hydrogen) atoms. The summed E-state index contributed by atoms with van der Waals surface area (Å²) >= 11 is 1.65. The number of nitrogens with two attached hydrogens (primary N) is 1. The first-order valence-electron chi connectivity index (χ1n) is 6.19. The largest absolute Gasteiger partial charge is 0.375 e. The second-order valence-corrected chi connectivity index (χ2v) is 6.28. The number of aromatic nitrogens is 1. The zero-order valence-corrected chi connectivity index (χ0v) is 11.7. The van der Waals surface area contributed by atoms with Crippen LogP contribution in [-0.4, -0.2) is 30.0 Å². The summed E-state index contributed by atoms with van der Waals surface area (Å²) in [6, 6.07) is 0. The van der Waals surface area contributed by atoms with Gasteiger partial charge in [-0.1, -0.05) is 19.9 Å². The molecule has 0 aliphatic carbocycles. The summed E-state index contributed by atoms with van der Waals surface area (Å²) in [5.41, 5.74) is 8.40. The number of hydrogen-bond acceptors (Lipinski definition) is 4. The molecule has 0 unspecified atom stereocenters. The van der Waals surface area contributed by atoms with E-state index in [1.54, 1.807) is 11.3 Å². The molecule has 0 saturated carbocycles. The monoisotopic (exact) mass is 251 g/mol. The summed E-state index contributed by atoms with van der Waals surface area (Å²) < 4.78 is 0. The lowest BCUT2D eigenvalue weighted by Gasteiger charge is -2.21. The number of likely N-dealkylation sites (N-methyl/N-ethyl adjacent to an activating group) is 1. The lowest BCUT2D eigenvalue weighted by Crippen LogP contribution is -2.24. The molecule has 4 heteroatoms. The topological polar surface area (TPSA) is 42.1 Å². The van der Waals surface area contributed by atoms with Crippen molar-refractivity contribution in [3.8, 4) is 0 Å². The van der Waals surface area contributed by atoms with Crippen molar-refractivity contribution in [2.24, 2.45) is 5.92 Å². The van der Waals surface area contributed by atoms with E-state index in [4.69, 9.17) is 5.73 Å². The van der Waals surface area contributed by atoms with Crippen molar-refractivity contribution >= 4 is 22.0 Å². The van der Waals surface area contributed by atoms with Crippen LogP contribution < -0.4 is 5.73 Å². The van der Waals surface area contributed by atoms with E-state index in [-0.39, 0.29) is 0 Å².